The highest BCUT2D eigenvalue weighted by atomic mass is 19.1. The van der Waals surface area contributed by atoms with Crippen LogP contribution in [0.4, 0.5) is 4.39 Å². The Morgan fingerprint density at radius 2 is 2.24 bits per heavy atom. The first kappa shape index (κ1) is 12.0. The molecule has 0 N–H and O–H groups in total. The highest BCUT2D eigenvalue weighted by Crippen LogP contribution is 2.28. The quantitative estimate of drug-likeness (QED) is 0.785. The summed E-state index contributed by atoms with van der Waals surface area (Å²) < 4.78 is 18.4. The van der Waals surface area contributed by atoms with Crippen LogP contribution in [0.15, 0.2) is 18.2 Å². The zero-order valence-corrected chi connectivity index (χ0v) is 10.1. The maximum Gasteiger partial charge on any atom is 0.165 e. The number of hydrogen-bond donors (Lipinski definition) is 0. The molecule has 0 amide bonds. The summed E-state index contributed by atoms with van der Waals surface area (Å²) in [4.78, 5) is 13.9. The van der Waals surface area contributed by atoms with Crippen molar-refractivity contribution >= 4 is 5.78 Å². The van der Waals surface area contributed by atoms with Gasteiger partial charge in [-0.3, -0.25) is 9.69 Å². The molecule has 4 heteroatoms. The number of halogens is 1. The fourth-order valence-electron chi connectivity index (χ4n) is 2.22. The lowest BCUT2D eigenvalue weighted by Gasteiger charge is -2.28. The molecule has 1 aromatic carbocycles. The summed E-state index contributed by atoms with van der Waals surface area (Å²) in [6.07, 6.45) is 0.751. The summed E-state index contributed by atoms with van der Waals surface area (Å²) in [6.45, 7) is 1.31. The van der Waals surface area contributed by atoms with Gasteiger partial charge in [-0.2, -0.15) is 0 Å². The molecule has 3 nitrogen and oxygen atoms in total. The molecule has 1 saturated heterocycles. The number of nitrogens with zero attached hydrogens (tertiary/aromatic N) is 1. The second-order valence-corrected chi connectivity index (χ2v) is 4.44. The molecule has 1 aromatic rings. The molecule has 92 valence electrons. The van der Waals surface area contributed by atoms with E-state index in [1.807, 2.05) is 11.9 Å². The number of Topliss-reactive ketones (excluding diaryl/α,β-unsaturated/α-hetero) is 1. The summed E-state index contributed by atoms with van der Waals surface area (Å²) in [5, 5.41) is 0. The van der Waals surface area contributed by atoms with Crippen LogP contribution in [0, 0.1) is 5.82 Å². The van der Waals surface area contributed by atoms with Crippen LogP contribution in [0.3, 0.4) is 0 Å². The van der Waals surface area contributed by atoms with E-state index < -0.39 is 5.82 Å². The van der Waals surface area contributed by atoms with Gasteiger partial charge in [0.1, 0.15) is 0 Å². The van der Waals surface area contributed by atoms with Crippen molar-refractivity contribution < 1.29 is 13.9 Å². The van der Waals surface area contributed by atoms with Crippen molar-refractivity contribution in [3.05, 3.63) is 29.6 Å². The minimum Gasteiger partial charge on any atom is -0.494 e. The second kappa shape index (κ2) is 4.84. The predicted octanol–water partition coefficient (Wildman–Crippen LogP) is 1.82. The van der Waals surface area contributed by atoms with Gasteiger partial charge in [0.25, 0.3) is 0 Å². The zero-order valence-electron chi connectivity index (χ0n) is 10.1. The van der Waals surface area contributed by atoms with Crippen LogP contribution < -0.4 is 4.74 Å². The largest absolute Gasteiger partial charge is 0.494 e. The van der Waals surface area contributed by atoms with Gasteiger partial charge in [0.05, 0.1) is 13.7 Å². The molecule has 0 radical (unpaired) electrons. The number of ether oxygens (including phenoxy) is 1. The first-order valence-corrected chi connectivity index (χ1v) is 5.66. The van der Waals surface area contributed by atoms with Gasteiger partial charge in [-0.25, -0.2) is 4.39 Å². The van der Waals surface area contributed by atoms with Gasteiger partial charge in [0.2, 0.25) is 0 Å². The summed E-state index contributed by atoms with van der Waals surface area (Å²) >= 11 is 0. The topological polar surface area (TPSA) is 29.5 Å². The van der Waals surface area contributed by atoms with E-state index in [4.69, 9.17) is 4.74 Å². The third-order valence-electron chi connectivity index (χ3n) is 3.19. The molecule has 2 rings (SSSR count). The SMILES string of the molecule is COc1ccc(C2CCN(C)CC2=O)cc1F. The fourth-order valence-corrected chi connectivity index (χ4v) is 2.22. The van der Waals surface area contributed by atoms with E-state index in [9.17, 15) is 9.18 Å². The summed E-state index contributed by atoms with van der Waals surface area (Å²) in [6, 6.07) is 4.76. The molecule has 0 saturated carbocycles. The molecule has 1 heterocycles. The number of ketones is 1. The van der Waals surface area contributed by atoms with E-state index >= 15 is 0 Å². The molecule has 1 aliphatic rings. The van der Waals surface area contributed by atoms with Crippen molar-refractivity contribution in [2.75, 3.05) is 27.2 Å². The fraction of sp³-hybridized carbons (Fsp3) is 0.462. The monoisotopic (exact) mass is 237 g/mol. The summed E-state index contributed by atoms with van der Waals surface area (Å²) in [5.41, 5.74) is 0.751. The minimum atomic E-state index is -0.406. The van der Waals surface area contributed by atoms with E-state index in [1.165, 1.54) is 13.2 Å². The van der Waals surface area contributed by atoms with Gasteiger partial charge in [0, 0.05) is 5.92 Å². The Kier molecular flexibility index (Phi) is 3.43. The Morgan fingerprint density at radius 3 is 2.82 bits per heavy atom. The molecule has 1 fully saturated rings. The number of hydrogen-bond acceptors (Lipinski definition) is 3. The summed E-state index contributed by atoms with van der Waals surface area (Å²) in [7, 11) is 3.35. The average molecular weight is 237 g/mol. The van der Waals surface area contributed by atoms with Crippen LogP contribution in [0.1, 0.15) is 17.9 Å². The first-order chi connectivity index (χ1) is 8.11. The molecule has 1 unspecified atom stereocenters. The molecule has 0 aromatic heterocycles. The van der Waals surface area contributed by atoms with Crippen molar-refractivity contribution in [2.45, 2.75) is 12.3 Å². The number of methoxy groups -OCH3 is 1. The lowest BCUT2D eigenvalue weighted by atomic mass is 9.88. The Balaban J connectivity index is 2.22. The summed E-state index contributed by atoms with van der Waals surface area (Å²) in [5.74, 6) is -0.208. The van der Waals surface area contributed by atoms with Gasteiger partial charge in [-0.1, -0.05) is 6.07 Å². The van der Waals surface area contributed by atoms with Crippen molar-refractivity contribution in [1.29, 1.82) is 0 Å². The zero-order chi connectivity index (χ0) is 12.4. The minimum absolute atomic E-state index is 0.156. The number of carbonyl (C=O) groups is 1. The number of rotatable bonds is 2. The van der Waals surface area contributed by atoms with E-state index in [2.05, 4.69) is 0 Å². The highest BCUT2D eigenvalue weighted by Gasteiger charge is 2.27. The van der Waals surface area contributed by atoms with E-state index in [-0.39, 0.29) is 17.5 Å². The van der Waals surface area contributed by atoms with Crippen molar-refractivity contribution in [3.63, 3.8) is 0 Å². The normalized spacial score (nSPS) is 21.6. The van der Waals surface area contributed by atoms with Gasteiger partial charge < -0.3 is 4.74 Å². The average Bonchev–Trinajstić information content (AvgIpc) is 2.29. The lowest BCUT2D eigenvalue weighted by molar-refractivity contribution is -0.123. The Hall–Kier alpha value is -1.42. The van der Waals surface area contributed by atoms with Crippen LogP contribution in [-0.4, -0.2) is 37.9 Å². The highest BCUT2D eigenvalue weighted by molar-refractivity contribution is 5.88. The molecule has 0 aliphatic carbocycles. The molecule has 1 aliphatic heterocycles. The Labute approximate surface area is 100 Å². The van der Waals surface area contributed by atoms with Crippen LogP contribution in [0.2, 0.25) is 0 Å². The van der Waals surface area contributed by atoms with Crippen LogP contribution in [0.5, 0.6) is 5.75 Å². The van der Waals surface area contributed by atoms with Crippen molar-refractivity contribution in [2.24, 2.45) is 0 Å². The molecular formula is C13H16FNO2. The number of piperidine rings is 1. The number of likely N-dealkylation sites (tertiary alicyclic amines) is 1. The van der Waals surface area contributed by atoms with Crippen LogP contribution >= 0.6 is 0 Å². The number of carbonyl (C=O) groups excluding carboxylic acids is 1. The lowest BCUT2D eigenvalue weighted by Crippen LogP contribution is -2.37. The standard InChI is InChI=1S/C13H16FNO2/c1-15-6-5-10(12(16)8-15)9-3-4-13(17-2)11(14)7-9/h3-4,7,10H,5-6,8H2,1-2H3. The molecule has 0 spiro atoms. The molecule has 17 heavy (non-hydrogen) atoms. The maximum absolute atomic E-state index is 13.6. The molecule has 1 atom stereocenters. The van der Waals surface area contributed by atoms with Gasteiger partial charge >= 0.3 is 0 Å². The van der Waals surface area contributed by atoms with E-state index in [1.54, 1.807) is 12.1 Å². The smallest absolute Gasteiger partial charge is 0.165 e. The maximum atomic E-state index is 13.6. The first-order valence-electron chi connectivity index (χ1n) is 5.66. The van der Waals surface area contributed by atoms with Crippen molar-refractivity contribution in [1.82, 2.24) is 4.90 Å². The van der Waals surface area contributed by atoms with E-state index in [0.29, 0.717) is 6.54 Å². The van der Waals surface area contributed by atoms with Crippen LogP contribution in [0.25, 0.3) is 0 Å². The molecule has 0 bridgehead atoms. The van der Waals surface area contributed by atoms with Crippen LogP contribution in [-0.2, 0) is 4.79 Å². The van der Waals surface area contributed by atoms with Gasteiger partial charge in [-0.05, 0) is 37.7 Å². The third kappa shape index (κ3) is 2.47. The Bertz CT molecular complexity index is 433. The number of likely N-dealkylation sites (N-methyl/N-ethyl adjacent to an activating group) is 1. The van der Waals surface area contributed by atoms with E-state index in [0.717, 1.165) is 18.5 Å². The molecular weight excluding hydrogens is 221 g/mol. The Morgan fingerprint density at radius 1 is 1.47 bits per heavy atom. The number of benzene rings is 1. The van der Waals surface area contributed by atoms with Gasteiger partial charge in [0.15, 0.2) is 17.3 Å². The van der Waals surface area contributed by atoms with Crippen molar-refractivity contribution in [3.8, 4) is 5.75 Å². The third-order valence-corrected chi connectivity index (χ3v) is 3.19. The van der Waals surface area contributed by atoms with Gasteiger partial charge in [-0.15, -0.1) is 0 Å². The predicted molar refractivity (Wildman–Crippen MR) is 62.8 cm³/mol. The second-order valence-electron chi connectivity index (χ2n) is 4.44.